The van der Waals surface area contributed by atoms with E-state index in [0.29, 0.717) is 6.54 Å². The SMILES string of the molecule is CCCNC(=O)COCCO[C@@H]1OC(CO)[C@H](C)[C@H](O)C1O. The second-order valence-electron chi connectivity index (χ2n) is 5.34. The third-order valence-corrected chi connectivity index (χ3v) is 3.56. The van der Waals surface area contributed by atoms with Crippen LogP contribution in [0.3, 0.4) is 0 Å². The van der Waals surface area contributed by atoms with Crippen molar-refractivity contribution in [1.82, 2.24) is 5.32 Å². The summed E-state index contributed by atoms with van der Waals surface area (Å²) in [6, 6.07) is 0. The summed E-state index contributed by atoms with van der Waals surface area (Å²) < 4.78 is 15.8. The second-order valence-corrected chi connectivity index (χ2v) is 5.34. The number of hydrogen-bond donors (Lipinski definition) is 4. The Morgan fingerprint density at radius 2 is 2.00 bits per heavy atom. The van der Waals surface area contributed by atoms with Crippen LogP contribution in [0.4, 0.5) is 0 Å². The van der Waals surface area contributed by atoms with Crippen LogP contribution in [0, 0.1) is 5.92 Å². The zero-order chi connectivity index (χ0) is 16.5. The molecule has 5 atom stereocenters. The van der Waals surface area contributed by atoms with Crippen LogP contribution in [0.15, 0.2) is 0 Å². The normalized spacial score (nSPS) is 32.0. The summed E-state index contributed by atoms with van der Waals surface area (Å²) in [7, 11) is 0. The first-order valence-corrected chi connectivity index (χ1v) is 7.59. The van der Waals surface area contributed by atoms with Gasteiger partial charge in [-0.25, -0.2) is 0 Å². The monoisotopic (exact) mass is 321 g/mol. The fourth-order valence-corrected chi connectivity index (χ4v) is 2.12. The molecule has 0 aromatic heterocycles. The Morgan fingerprint density at radius 1 is 1.27 bits per heavy atom. The number of ether oxygens (including phenoxy) is 3. The molecule has 22 heavy (non-hydrogen) atoms. The van der Waals surface area contributed by atoms with Gasteiger partial charge in [0.05, 0.1) is 32.0 Å². The van der Waals surface area contributed by atoms with Crippen molar-refractivity contribution in [3.8, 4) is 0 Å². The molecule has 0 bridgehead atoms. The highest BCUT2D eigenvalue weighted by Crippen LogP contribution is 2.26. The predicted molar refractivity (Wildman–Crippen MR) is 77.0 cm³/mol. The minimum atomic E-state index is -1.19. The van der Waals surface area contributed by atoms with Gasteiger partial charge in [-0.2, -0.15) is 0 Å². The van der Waals surface area contributed by atoms with Crippen molar-refractivity contribution in [3.05, 3.63) is 0 Å². The van der Waals surface area contributed by atoms with Crippen LogP contribution in [0.25, 0.3) is 0 Å². The van der Waals surface area contributed by atoms with Crippen molar-refractivity contribution < 1.29 is 34.3 Å². The molecule has 1 heterocycles. The molecule has 1 amide bonds. The van der Waals surface area contributed by atoms with Gasteiger partial charge in [-0.05, 0) is 6.42 Å². The summed E-state index contributed by atoms with van der Waals surface area (Å²) in [5.74, 6) is -0.584. The molecular weight excluding hydrogens is 294 g/mol. The highest BCUT2D eigenvalue weighted by atomic mass is 16.7. The average Bonchev–Trinajstić information content (AvgIpc) is 2.52. The van der Waals surface area contributed by atoms with E-state index in [-0.39, 0.29) is 32.3 Å². The quantitative estimate of drug-likeness (QED) is 0.387. The van der Waals surface area contributed by atoms with Crippen LogP contribution in [-0.2, 0) is 19.0 Å². The lowest BCUT2D eigenvalue weighted by atomic mass is 9.91. The first-order chi connectivity index (χ1) is 10.5. The van der Waals surface area contributed by atoms with Gasteiger partial charge in [0.25, 0.3) is 0 Å². The van der Waals surface area contributed by atoms with Gasteiger partial charge in [0.2, 0.25) is 5.91 Å². The molecule has 0 aromatic carbocycles. The standard InChI is InChI=1S/C14H27NO7/c1-3-4-15-11(17)8-20-5-6-21-14-13(19)12(18)9(2)10(7-16)22-14/h9-10,12-14,16,18-19H,3-8H2,1-2H3,(H,15,17)/t9-,10?,12-,13?,14+/m0/s1. The summed E-state index contributed by atoms with van der Waals surface area (Å²) in [4.78, 5) is 11.3. The maximum absolute atomic E-state index is 11.3. The van der Waals surface area contributed by atoms with Crippen molar-refractivity contribution in [3.63, 3.8) is 0 Å². The summed E-state index contributed by atoms with van der Waals surface area (Å²) in [6.45, 7) is 4.18. The third kappa shape index (κ3) is 5.79. The van der Waals surface area contributed by atoms with Crippen molar-refractivity contribution in [2.75, 3.05) is 33.0 Å². The minimum Gasteiger partial charge on any atom is -0.394 e. The van der Waals surface area contributed by atoms with Crippen molar-refractivity contribution in [2.45, 2.75) is 44.9 Å². The van der Waals surface area contributed by atoms with E-state index in [1.807, 2.05) is 6.92 Å². The van der Waals surface area contributed by atoms with E-state index in [2.05, 4.69) is 5.32 Å². The first-order valence-electron chi connectivity index (χ1n) is 7.59. The molecule has 4 N–H and O–H groups in total. The lowest BCUT2D eigenvalue weighted by Crippen LogP contribution is -2.55. The predicted octanol–water partition coefficient (Wildman–Crippen LogP) is -1.38. The smallest absolute Gasteiger partial charge is 0.245 e. The van der Waals surface area contributed by atoms with Gasteiger partial charge in [-0.1, -0.05) is 13.8 Å². The van der Waals surface area contributed by atoms with E-state index >= 15 is 0 Å². The lowest BCUT2D eigenvalue weighted by Gasteiger charge is -2.40. The molecule has 130 valence electrons. The molecule has 0 radical (unpaired) electrons. The van der Waals surface area contributed by atoms with Gasteiger partial charge >= 0.3 is 0 Å². The van der Waals surface area contributed by atoms with Gasteiger partial charge in [-0.3, -0.25) is 4.79 Å². The average molecular weight is 321 g/mol. The number of aliphatic hydroxyl groups is 3. The Balaban J connectivity index is 2.22. The Bertz CT molecular complexity index is 326. The van der Waals surface area contributed by atoms with Gasteiger partial charge in [0, 0.05) is 12.5 Å². The molecule has 1 rings (SSSR count). The molecule has 0 spiro atoms. The maximum atomic E-state index is 11.3. The van der Waals surface area contributed by atoms with E-state index < -0.39 is 30.5 Å². The third-order valence-electron chi connectivity index (χ3n) is 3.56. The molecule has 1 aliphatic heterocycles. The van der Waals surface area contributed by atoms with E-state index in [0.717, 1.165) is 6.42 Å². The Kier molecular flexibility index (Phi) is 8.84. The molecule has 8 heteroatoms. The van der Waals surface area contributed by atoms with Crippen LogP contribution in [-0.4, -0.2) is 78.8 Å². The highest BCUT2D eigenvalue weighted by Gasteiger charge is 2.42. The maximum Gasteiger partial charge on any atom is 0.245 e. The number of nitrogens with one attached hydrogen (secondary N) is 1. The van der Waals surface area contributed by atoms with E-state index in [4.69, 9.17) is 14.2 Å². The number of aliphatic hydroxyl groups excluding tert-OH is 3. The largest absolute Gasteiger partial charge is 0.394 e. The number of rotatable bonds is 9. The van der Waals surface area contributed by atoms with Crippen LogP contribution >= 0.6 is 0 Å². The summed E-state index contributed by atoms with van der Waals surface area (Å²) >= 11 is 0. The Morgan fingerprint density at radius 3 is 2.64 bits per heavy atom. The van der Waals surface area contributed by atoms with Crippen LogP contribution < -0.4 is 5.32 Å². The highest BCUT2D eigenvalue weighted by molar-refractivity contribution is 5.77. The van der Waals surface area contributed by atoms with Gasteiger partial charge in [0.15, 0.2) is 6.29 Å². The van der Waals surface area contributed by atoms with Crippen LogP contribution in [0.2, 0.25) is 0 Å². The lowest BCUT2D eigenvalue weighted by molar-refractivity contribution is -0.289. The molecule has 2 unspecified atom stereocenters. The molecular formula is C14H27NO7. The van der Waals surface area contributed by atoms with Crippen molar-refractivity contribution >= 4 is 5.91 Å². The topological polar surface area (TPSA) is 117 Å². The van der Waals surface area contributed by atoms with Gasteiger partial charge in [-0.15, -0.1) is 0 Å². The molecule has 0 aromatic rings. The molecule has 0 saturated carbocycles. The molecule has 8 nitrogen and oxygen atoms in total. The van der Waals surface area contributed by atoms with E-state index in [1.54, 1.807) is 6.92 Å². The molecule has 1 aliphatic rings. The van der Waals surface area contributed by atoms with Crippen LogP contribution in [0.5, 0.6) is 0 Å². The number of carbonyl (C=O) groups is 1. The number of carbonyl (C=O) groups excluding carboxylic acids is 1. The molecule has 1 saturated heterocycles. The Labute approximate surface area is 130 Å². The second kappa shape index (κ2) is 10.1. The summed E-state index contributed by atoms with van der Waals surface area (Å²) in [6.07, 6.45) is -2.98. The molecule has 0 aliphatic carbocycles. The van der Waals surface area contributed by atoms with E-state index in [9.17, 15) is 20.1 Å². The zero-order valence-electron chi connectivity index (χ0n) is 13.1. The van der Waals surface area contributed by atoms with Crippen LogP contribution in [0.1, 0.15) is 20.3 Å². The fraction of sp³-hybridized carbons (Fsp3) is 0.929. The fourth-order valence-electron chi connectivity index (χ4n) is 2.12. The summed E-state index contributed by atoms with van der Waals surface area (Å²) in [5, 5.41) is 31.6. The molecule has 1 fully saturated rings. The van der Waals surface area contributed by atoms with Crippen molar-refractivity contribution in [1.29, 1.82) is 0 Å². The summed E-state index contributed by atoms with van der Waals surface area (Å²) in [5.41, 5.74) is 0. The minimum absolute atomic E-state index is 0.0592. The number of hydrogen-bond acceptors (Lipinski definition) is 7. The van der Waals surface area contributed by atoms with Gasteiger partial charge in [0.1, 0.15) is 12.7 Å². The van der Waals surface area contributed by atoms with Crippen molar-refractivity contribution in [2.24, 2.45) is 5.92 Å². The van der Waals surface area contributed by atoms with E-state index in [1.165, 1.54) is 0 Å². The first kappa shape index (κ1) is 19.3. The zero-order valence-corrected chi connectivity index (χ0v) is 13.1. The number of amides is 1. The van der Waals surface area contributed by atoms with Gasteiger partial charge < -0.3 is 34.8 Å². The Hall–Kier alpha value is -0.770.